The third kappa shape index (κ3) is 3.88. The first-order chi connectivity index (χ1) is 13.4. The molecule has 3 rings (SSSR count). The van der Waals surface area contributed by atoms with Gasteiger partial charge in [-0.2, -0.15) is 0 Å². The van der Waals surface area contributed by atoms with Gasteiger partial charge in [-0.25, -0.2) is 9.59 Å². The standard InChI is InChI=1S/C19H14N2O7/c1-11-14(6-4-7-15(11)21(25)26)20-17(22)10-27-18(23)13-9-12-5-2-3-8-16(12)28-19(13)24/h2-9H,10H2,1H3,(H,20,22). The van der Waals surface area contributed by atoms with Gasteiger partial charge in [0.25, 0.3) is 11.6 Å². The lowest BCUT2D eigenvalue weighted by atomic mass is 10.1. The molecule has 1 aromatic heterocycles. The van der Waals surface area contributed by atoms with Gasteiger partial charge in [-0.15, -0.1) is 0 Å². The zero-order valence-corrected chi connectivity index (χ0v) is 14.6. The second-order valence-electron chi connectivity index (χ2n) is 5.82. The van der Waals surface area contributed by atoms with E-state index < -0.39 is 29.0 Å². The molecule has 1 heterocycles. The molecular weight excluding hydrogens is 368 g/mol. The van der Waals surface area contributed by atoms with Gasteiger partial charge in [0.05, 0.1) is 16.2 Å². The number of fused-ring (bicyclic) bond motifs is 1. The summed E-state index contributed by atoms with van der Waals surface area (Å²) in [6.07, 6.45) is 0. The molecule has 9 heteroatoms. The molecule has 28 heavy (non-hydrogen) atoms. The number of benzene rings is 2. The molecule has 142 valence electrons. The van der Waals surface area contributed by atoms with Gasteiger partial charge in [-0.1, -0.05) is 24.3 Å². The molecule has 2 aromatic carbocycles. The Morgan fingerprint density at radius 1 is 1.18 bits per heavy atom. The molecular formula is C19H14N2O7. The Balaban J connectivity index is 1.69. The molecule has 1 amide bonds. The van der Waals surface area contributed by atoms with E-state index in [-0.39, 0.29) is 22.5 Å². The van der Waals surface area contributed by atoms with E-state index in [1.807, 2.05) is 0 Å². The number of carbonyl (C=O) groups is 2. The molecule has 0 fully saturated rings. The van der Waals surface area contributed by atoms with Crippen molar-refractivity contribution in [2.45, 2.75) is 6.92 Å². The van der Waals surface area contributed by atoms with Crippen LogP contribution in [0.5, 0.6) is 0 Å². The van der Waals surface area contributed by atoms with Crippen molar-refractivity contribution < 1.29 is 23.7 Å². The van der Waals surface area contributed by atoms with Crippen LogP contribution in [0.15, 0.2) is 57.7 Å². The predicted octanol–water partition coefficient (Wildman–Crippen LogP) is 2.81. The van der Waals surface area contributed by atoms with Crippen LogP contribution in [-0.2, 0) is 9.53 Å². The summed E-state index contributed by atoms with van der Waals surface area (Å²) in [5.74, 6) is -1.72. The molecule has 0 saturated carbocycles. The van der Waals surface area contributed by atoms with Crippen molar-refractivity contribution in [3.8, 4) is 0 Å². The van der Waals surface area contributed by atoms with Crippen molar-refractivity contribution in [2.75, 3.05) is 11.9 Å². The van der Waals surface area contributed by atoms with Crippen molar-refractivity contribution in [3.63, 3.8) is 0 Å². The van der Waals surface area contributed by atoms with Gasteiger partial charge in [-0.3, -0.25) is 14.9 Å². The van der Waals surface area contributed by atoms with Gasteiger partial charge in [-0.05, 0) is 25.1 Å². The number of nitrogens with zero attached hydrogens (tertiary/aromatic N) is 1. The van der Waals surface area contributed by atoms with Crippen LogP contribution in [0.4, 0.5) is 11.4 Å². The smallest absolute Gasteiger partial charge is 0.351 e. The minimum atomic E-state index is -1.01. The number of nitro benzene ring substituents is 1. The van der Waals surface area contributed by atoms with Crippen molar-refractivity contribution >= 4 is 34.2 Å². The molecule has 0 atom stereocenters. The Morgan fingerprint density at radius 2 is 1.93 bits per heavy atom. The molecule has 9 nitrogen and oxygen atoms in total. The predicted molar refractivity (Wildman–Crippen MR) is 99.2 cm³/mol. The summed E-state index contributed by atoms with van der Waals surface area (Å²) < 4.78 is 9.91. The van der Waals surface area contributed by atoms with Crippen molar-refractivity contribution in [3.05, 3.63) is 80.2 Å². The van der Waals surface area contributed by atoms with Gasteiger partial charge in [0.1, 0.15) is 11.1 Å². The average Bonchev–Trinajstić information content (AvgIpc) is 2.67. The Kier molecular flexibility index (Phi) is 5.16. The lowest BCUT2D eigenvalue weighted by Gasteiger charge is -2.09. The van der Waals surface area contributed by atoms with E-state index >= 15 is 0 Å². The number of anilines is 1. The fourth-order valence-electron chi connectivity index (χ4n) is 2.56. The minimum absolute atomic E-state index is 0.149. The molecule has 0 aliphatic heterocycles. The van der Waals surface area contributed by atoms with Crippen LogP contribution in [0.3, 0.4) is 0 Å². The largest absolute Gasteiger partial charge is 0.452 e. The first-order valence-corrected chi connectivity index (χ1v) is 8.10. The molecule has 3 aromatic rings. The van der Waals surface area contributed by atoms with Gasteiger partial charge in [0.15, 0.2) is 6.61 Å². The van der Waals surface area contributed by atoms with Crippen LogP contribution >= 0.6 is 0 Å². The van der Waals surface area contributed by atoms with Gasteiger partial charge >= 0.3 is 11.6 Å². The van der Waals surface area contributed by atoms with Crippen LogP contribution in [0.25, 0.3) is 11.0 Å². The molecule has 0 unspecified atom stereocenters. The number of amides is 1. The number of rotatable bonds is 5. The van der Waals surface area contributed by atoms with Crippen LogP contribution < -0.4 is 10.9 Å². The number of carbonyl (C=O) groups excluding carboxylic acids is 2. The zero-order valence-electron chi connectivity index (χ0n) is 14.6. The first-order valence-electron chi connectivity index (χ1n) is 8.10. The number of para-hydroxylation sites is 1. The molecule has 0 saturated heterocycles. The Bertz CT molecular complexity index is 1150. The first kappa shape index (κ1) is 18.8. The van der Waals surface area contributed by atoms with Gasteiger partial charge in [0.2, 0.25) is 0 Å². The van der Waals surface area contributed by atoms with E-state index in [0.717, 1.165) is 0 Å². The maximum atomic E-state index is 12.1. The number of ether oxygens (including phenoxy) is 1. The quantitative estimate of drug-likeness (QED) is 0.311. The summed E-state index contributed by atoms with van der Waals surface area (Å²) in [5, 5.41) is 13.9. The highest BCUT2D eigenvalue weighted by Gasteiger charge is 2.18. The average molecular weight is 382 g/mol. The van der Waals surface area contributed by atoms with Crippen molar-refractivity contribution in [1.82, 2.24) is 0 Å². The second kappa shape index (κ2) is 7.70. The Labute approximate surface area is 157 Å². The van der Waals surface area contributed by atoms with Crippen LogP contribution in [-0.4, -0.2) is 23.4 Å². The van der Waals surface area contributed by atoms with Crippen LogP contribution in [0.1, 0.15) is 15.9 Å². The van der Waals surface area contributed by atoms with Crippen LogP contribution in [0.2, 0.25) is 0 Å². The SMILES string of the molecule is Cc1c(NC(=O)COC(=O)c2cc3ccccc3oc2=O)cccc1[N+](=O)[O-]. The highest BCUT2D eigenvalue weighted by molar-refractivity contribution is 5.97. The molecule has 0 spiro atoms. The molecule has 0 aliphatic carbocycles. The van der Waals surface area contributed by atoms with Gasteiger partial charge in [0, 0.05) is 11.5 Å². The number of nitro groups is 1. The van der Waals surface area contributed by atoms with Crippen molar-refractivity contribution in [2.24, 2.45) is 0 Å². The van der Waals surface area contributed by atoms with E-state index in [4.69, 9.17) is 9.15 Å². The fourth-order valence-corrected chi connectivity index (χ4v) is 2.56. The zero-order chi connectivity index (χ0) is 20.3. The van der Waals surface area contributed by atoms with E-state index in [2.05, 4.69) is 5.32 Å². The second-order valence-corrected chi connectivity index (χ2v) is 5.82. The van der Waals surface area contributed by atoms with Crippen molar-refractivity contribution in [1.29, 1.82) is 0 Å². The number of nitrogens with one attached hydrogen (secondary N) is 1. The summed E-state index contributed by atoms with van der Waals surface area (Å²) in [4.78, 5) is 46.4. The number of hydrogen-bond acceptors (Lipinski definition) is 7. The summed E-state index contributed by atoms with van der Waals surface area (Å²) in [5.41, 5.74) is -0.550. The maximum absolute atomic E-state index is 12.1. The van der Waals surface area contributed by atoms with E-state index in [1.54, 1.807) is 24.3 Å². The number of esters is 1. The fraction of sp³-hybridized carbons (Fsp3) is 0.105. The minimum Gasteiger partial charge on any atom is -0.452 e. The number of hydrogen-bond donors (Lipinski definition) is 1. The summed E-state index contributed by atoms with van der Waals surface area (Å²) in [6, 6.07) is 12.2. The molecule has 0 aliphatic rings. The van der Waals surface area contributed by atoms with E-state index in [9.17, 15) is 24.5 Å². The topological polar surface area (TPSA) is 129 Å². The summed E-state index contributed by atoms with van der Waals surface area (Å²) in [7, 11) is 0. The molecule has 0 radical (unpaired) electrons. The molecule has 0 bridgehead atoms. The van der Waals surface area contributed by atoms with E-state index in [1.165, 1.54) is 31.2 Å². The maximum Gasteiger partial charge on any atom is 0.351 e. The highest BCUT2D eigenvalue weighted by atomic mass is 16.6. The van der Waals surface area contributed by atoms with Crippen LogP contribution in [0, 0.1) is 17.0 Å². The lowest BCUT2D eigenvalue weighted by Crippen LogP contribution is -2.24. The van der Waals surface area contributed by atoms with Gasteiger partial charge < -0.3 is 14.5 Å². The third-order valence-corrected chi connectivity index (χ3v) is 3.97. The normalized spacial score (nSPS) is 10.5. The molecule has 1 N–H and O–H groups in total. The Morgan fingerprint density at radius 3 is 2.68 bits per heavy atom. The summed E-state index contributed by atoms with van der Waals surface area (Å²) in [6.45, 7) is 0.813. The summed E-state index contributed by atoms with van der Waals surface area (Å²) >= 11 is 0. The lowest BCUT2D eigenvalue weighted by molar-refractivity contribution is -0.385. The highest BCUT2D eigenvalue weighted by Crippen LogP contribution is 2.24. The van der Waals surface area contributed by atoms with E-state index in [0.29, 0.717) is 11.0 Å². The Hall–Kier alpha value is -4.01. The monoisotopic (exact) mass is 382 g/mol. The third-order valence-electron chi connectivity index (χ3n) is 3.97.